The van der Waals surface area contributed by atoms with E-state index in [2.05, 4.69) is 4.98 Å². The maximum absolute atomic E-state index is 6.05. The molecule has 1 atom stereocenters. The van der Waals surface area contributed by atoms with E-state index in [0.29, 0.717) is 11.7 Å². The number of hydrogen-bond donors (Lipinski definition) is 1. The quantitative estimate of drug-likeness (QED) is 0.818. The number of imidazole rings is 1. The van der Waals surface area contributed by atoms with E-state index in [0.717, 1.165) is 11.5 Å². The number of likely N-dealkylation sites (N-methyl/N-ethyl adjacent to an activating group) is 1. The molecule has 0 spiro atoms. The first-order valence-corrected chi connectivity index (χ1v) is 4.92. The number of nitrogens with two attached hydrogens (primary N) is 1. The SMILES string of the molecule is Cc1nc(Cl)c(C(CN)N(C)C)n1C. The molecule has 0 amide bonds. The predicted octanol–water partition coefficient (Wildman–Crippen LogP) is 0.943. The van der Waals surface area contributed by atoms with Gasteiger partial charge in [0.1, 0.15) is 5.82 Å². The standard InChI is InChI=1S/C9H17ClN4/c1-6-12-9(10)8(14(6)4)7(5-11)13(2)3/h7H,5,11H2,1-4H3. The normalized spacial score (nSPS) is 13.6. The number of aryl methyl sites for hydroxylation is 1. The highest BCUT2D eigenvalue weighted by Gasteiger charge is 2.21. The van der Waals surface area contributed by atoms with Gasteiger partial charge in [-0.3, -0.25) is 4.90 Å². The Morgan fingerprint density at radius 1 is 1.57 bits per heavy atom. The first kappa shape index (κ1) is 11.5. The number of halogens is 1. The van der Waals surface area contributed by atoms with Crippen molar-refractivity contribution in [3.05, 3.63) is 16.7 Å². The van der Waals surface area contributed by atoms with Crippen LogP contribution in [0.25, 0.3) is 0 Å². The zero-order valence-electron chi connectivity index (χ0n) is 9.08. The highest BCUT2D eigenvalue weighted by atomic mass is 35.5. The van der Waals surface area contributed by atoms with Crippen LogP contribution in [0.1, 0.15) is 17.6 Å². The fourth-order valence-electron chi connectivity index (χ4n) is 1.52. The largest absolute Gasteiger partial charge is 0.333 e. The van der Waals surface area contributed by atoms with Gasteiger partial charge in [0.15, 0.2) is 5.15 Å². The number of aromatic nitrogens is 2. The molecule has 1 aromatic heterocycles. The van der Waals surface area contributed by atoms with Crippen LogP contribution in [0.15, 0.2) is 0 Å². The van der Waals surface area contributed by atoms with Crippen LogP contribution in [-0.2, 0) is 7.05 Å². The van der Waals surface area contributed by atoms with Crippen LogP contribution in [0.3, 0.4) is 0 Å². The molecule has 1 rings (SSSR count). The van der Waals surface area contributed by atoms with Gasteiger partial charge in [0.2, 0.25) is 0 Å². The summed E-state index contributed by atoms with van der Waals surface area (Å²) in [5.41, 5.74) is 6.69. The summed E-state index contributed by atoms with van der Waals surface area (Å²) in [6.07, 6.45) is 0. The fraction of sp³-hybridized carbons (Fsp3) is 0.667. The topological polar surface area (TPSA) is 47.1 Å². The molecule has 5 heteroatoms. The van der Waals surface area contributed by atoms with Gasteiger partial charge in [-0.05, 0) is 21.0 Å². The lowest BCUT2D eigenvalue weighted by molar-refractivity contribution is 0.295. The second-order valence-electron chi connectivity index (χ2n) is 3.61. The second kappa shape index (κ2) is 4.29. The Kier molecular flexibility index (Phi) is 3.53. The molecule has 0 radical (unpaired) electrons. The maximum atomic E-state index is 6.05. The summed E-state index contributed by atoms with van der Waals surface area (Å²) in [6.45, 7) is 2.46. The van der Waals surface area contributed by atoms with Crippen LogP contribution in [-0.4, -0.2) is 35.1 Å². The minimum Gasteiger partial charge on any atom is -0.333 e. The Balaban J connectivity index is 3.15. The molecule has 2 N–H and O–H groups in total. The molecule has 80 valence electrons. The molecule has 4 nitrogen and oxygen atoms in total. The monoisotopic (exact) mass is 216 g/mol. The molecule has 0 aromatic carbocycles. The summed E-state index contributed by atoms with van der Waals surface area (Å²) >= 11 is 6.05. The molecule has 1 heterocycles. The average Bonchev–Trinajstić information content (AvgIpc) is 2.32. The van der Waals surface area contributed by atoms with Gasteiger partial charge in [-0.15, -0.1) is 0 Å². The summed E-state index contributed by atoms with van der Waals surface area (Å²) in [7, 11) is 5.92. The highest BCUT2D eigenvalue weighted by molar-refractivity contribution is 6.30. The second-order valence-corrected chi connectivity index (χ2v) is 3.97. The smallest absolute Gasteiger partial charge is 0.152 e. The number of rotatable bonds is 3. The maximum Gasteiger partial charge on any atom is 0.152 e. The number of hydrogen-bond acceptors (Lipinski definition) is 3. The predicted molar refractivity (Wildman–Crippen MR) is 58.4 cm³/mol. The van der Waals surface area contributed by atoms with Gasteiger partial charge in [0.05, 0.1) is 11.7 Å². The minimum absolute atomic E-state index is 0.119. The summed E-state index contributed by atoms with van der Waals surface area (Å²) in [5.74, 6) is 0.908. The molecule has 0 aliphatic rings. The lowest BCUT2D eigenvalue weighted by atomic mass is 10.2. The third kappa shape index (κ3) is 1.92. The van der Waals surface area contributed by atoms with Crippen molar-refractivity contribution < 1.29 is 0 Å². The van der Waals surface area contributed by atoms with Crippen LogP contribution in [0.5, 0.6) is 0 Å². The van der Waals surface area contributed by atoms with Crippen LogP contribution in [0, 0.1) is 6.92 Å². The van der Waals surface area contributed by atoms with Crippen LogP contribution in [0.2, 0.25) is 5.15 Å². The zero-order chi connectivity index (χ0) is 10.9. The van der Waals surface area contributed by atoms with Gasteiger partial charge < -0.3 is 10.3 Å². The van der Waals surface area contributed by atoms with Gasteiger partial charge >= 0.3 is 0 Å². The average molecular weight is 217 g/mol. The van der Waals surface area contributed by atoms with E-state index >= 15 is 0 Å². The van der Waals surface area contributed by atoms with Crippen molar-refractivity contribution >= 4 is 11.6 Å². The summed E-state index contributed by atoms with van der Waals surface area (Å²) in [4.78, 5) is 6.25. The molecule has 1 unspecified atom stereocenters. The molecule has 14 heavy (non-hydrogen) atoms. The minimum atomic E-state index is 0.119. The summed E-state index contributed by atoms with van der Waals surface area (Å²) in [5, 5.41) is 0.550. The molecule has 0 aliphatic carbocycles. The van der Waals surface area contributed by atoms with Crippen molar-refractivity contribution in [3.8, 4) is 0 Å². The van der Waals surface area contributed by atoms with E-state index in [1.165, 1.54) is 0 Å². The van der Waals surface area contributed by atoms with Crippen molar-refractivity contribution in [2.24, 2.45) is 12.8 Å². The molecule has 0 aliphatic heterocycles. The van der Waals surface area contributed by atoms with Gasteiger partial charge in [-0.1, -0.05) is 11.6 Å². The first-order valence-electron chi connectivity index (χ1n) is 4.54. The van der Waals surface area contributed by atoms with Crippen molar-refractivity contribution in [1.82, 2.24) is 14.5 Å². The van der Waals surface area contributed by atoms with Crippen LogP contribution >= 0.6 is 11.6 Å². The molecule has 0 saturated carbocycles. The van der Waals surface area contributed by atoms with E-state index in [1.807, 2.05) is 37.5 Å². The molecule has 0 fully saturated rings. The first-order chi connectivity index (χ1) is 6.49. The third-order valence-corrected chi connectivity index (χ3v) is 2.76. The van der Waals surface area contributed by atoms with Crippen molar-refractivity contribution in [2.45, 2.75) is 13.0 Å². The number of nitrogens with zero attached hydrogens (tertiary/aromatic N) is 3. The Labute approximate surface area is 89.7 Å². The molecule has 0 bridgehead atoms. The van der Waals surface area contributed by atoms with E-state index < -0.39 is 0 Å². The highest BCUT2D eigenvalue weighted by Crippen LogP contribution is 2.25. The zero-order valence-corrected chi connectivity index (χ0v) is 9.84. The van der Waals surface area contributed by atoms with Crippen LogP contribution < -0.4 is 5.73 Å². The van der Waals surface area contributed by atoms with Crippen molar-refractivity contribution in [2.75, 3.05) is 20.6 Å². The Morgan fingerprint density at radius 2 is 2.14 bits per heavy atom. The van der Waals surface area contributed by atoms with E-state index in [-0.39, 0.29) is 6.04 Å². The molecular formula is C9H17ClN4. The fourth-order valence-corrected chi connectivity index (χ4v) is 1.89. The Morgan fingerprint density at radius 3 is 2.43 bits per heavy atom. The molecule has 0 saturated heterocycles. The van der Waals surface area contributed by atoms with E-state index in [4.69, 9.17) is 17.3 Å². The third-order valence-electron chi connectivity index (χ3n) is 2.48. The van der Waals surface area contributed by atoms with Gasteiger partial charge in [-0.2, -0.15) is 0 Å². The lowest BCUT2D eigenvalue weighted by Crippen LogP contribution is -2.29. The van der Waals surface area contributed by atoms with E-state index in [9.17, 15) is 0 Å². The Hall–Kier alpha value is -0.580. The van der Waals surface area contributed by atoms with Gasteiger partial charge in [-0.25, -0.2) is 4.98 Å². The van der Waals surface area contributed by atoms with Crippen molar-refractivity contribution in [3.63, 3.8) is 0 Å². The lowest BCUT2D eigenvalue weighted by Gasteiger charge is -2.23. The van der Waals surface area contributed by atoms with E-state index in [1.54, 1.807) is 0 Å². The summed E-state index contributed by atoms with van der Waals surface area (Å²) in [6, 6.07) is 0.119. The summed E-state index contributed by atoms with van der Waals surface area (Å²) < 4.78 is 1.99. The Bertz CT molecular complexity index is 319. The van der Waals surface area contributed by atoms with Gasteiger partial charge in [0, 0.05) is 13.6 Å². The van der Waals surface area contributed by atoms with Gasteiger partial charge in [0.25, 0.3) is 0 Å². The van der Waals surface area contributed by atoms with Crippen molar-refractivity contribution in [1.29, 1.82) is 0 Å². The molecular weight excluding hydrogens is 200 g/mol. The molecule has 1 aromatic rings. The van der Waals surface area contributed by atoms with Crippen LogP contribution in [0.4, 0.5) is 0 Å².